The summed E-state index contributed by atoms with van der Waals surface area (Å²) in [6.07, 6.45) is 1.75. The molecule has 0 heterocycles. The lowest BCUT2D eigenvalue weighted by atomic mass is 9.90. The Balaban J connectivity index is 2.11. The SMILES string of the molecule is COc1cc(OC2CC(N)C2)ccc1[N+](=O)[O-]. The summed E-state index contributed by atoms with van der Waals surface area (Å²) < 4.78 is 10.6. The summed E-state index contributed by atoms with van der Waals surface area (Å²) in [5, 5.41) is 10.7. The molecule has 6 nitrogen and oxygen atoms in total. The number of methoxy groups -OCH3 is 1. The molecule has 0 radical (unpaired) electrons. The Morgan fingerprint density at radius 1 is 1.47 bits per heavy atom. The second-order valence-corrected chi connectivity index (χ2v) is 4.06. The minimum absolute atomic E-state index is 0.0647. The first kappa shape index (κ1) is 11.7. The number of nitrogens with zero attached hydrogens (tertiary/aromatic N) is 1. The van der Waals surface area contributed by atoms with Gasteiger partial charge >= 0.3 is 5.69 Å². The number of nitrogens with two attached hydrogens (primary N) is 1. The summed E-state index contributed by atoms with van der Waals surface area (Å²) >= 11 is 0. The van der Waals surface area contributed by atoms with E-state index in [-0.39, 0.29) is 23.6 Å². The predicted molar refractivity (Wildman–Crippen MR) is 61.3 cm³/mol. The van der Waals surface area contributed by atoms with Gasteiger partial charge in [0.25, 0.3) is 0 Å². The van der Waals surface area contributed by atoms with Gasteiger partial charge in [-0.15, -0.1) is 0 Å². The smallest absolute Gasteiger partial charge is 0.311 e. The molecule has 1 aromatic carbocycles. The van der Waals surface area contributed by atoms with Crippen molar-refractivity contribution in [1.82, 2.24) is 0 Å². The molecule has 1 aliphatic carbocycles. The van der Waals surface area contributed by atoms with Crippen molar-refractivity contribution >= 4 is 5.69 Å². The van der Waals surface area contributed by atoms with Crippen molar-refractivity contribution in [3.05, 3.63) is 28.3 Å². The maximum atomic E-state index is 10.7. The lowest BCUT2D eigenvalue weighted by Gasteiger charge is -2.32. The van der Waals surface area contributed by atoms with Gasteiger partial charge in [0.15, 0.2) is 0 Å². The predicted octanol–water partition coefficient (Wildman–Crippen LogP) is 1.47. The van der Waals surface area contributed by atoms with Gasteiger partial charge in [0.2, 0.25) is 5.75 Å². The van der Waals surface area contributed by atoms with Crippen LogP contribution in [0.5, 0.6) is 11.5 Å². The average Bonchev–Trinajstić information content (AvgIpc) is 2.26. The van der Waals surface area contributed by atoms with E-state index in [0.717, 1.165) is 12.8 Å². The molecule has 1 saturated carbocycles. The van der Waals surface area contributed by atoms with Crippen molar-refractivity contribution in [3.63, 3.8) is 0 Å². The molecule has 6 heteroatoms. The second kappa shape index (κ2) is 4.58. The van der Waals surface area contributed by atoms with Crippen LogP contribution in [0, 0.1) is 10.1 Å². The molecule has 0 aromatic heterocycles. The Bertz CT molecular complexity index is 429. The fraction of sp³-hybridized carbons (Fsp3) is 0.455. The first-order chi connectivity index (χ1) is 8.10. The molecule has 17 heavy (non-hydrogen) atoms. The highest BCUT2D eigenvalue weighted by Crippen LogP contribution is 2.33. The maximum Gasteiger partial charge on any atom is 0.311 e. The molecule has 0 amide bonds. The van der Waals surface area contributed by atoms with Gasteiger partial charge in [-0.25, -0.2) is 0 Å². The normalized spacial score (nSPS) is 22.7. The van der Waals surface area contributed by atoms with Crippen LogP contribution in [0.25, 0.3) is 0 Å². The zero-order chi connectivity index (χ0) is 12.4. The first-order valence-corrected chi connectivity index (χ1v) is 5.35. The third-order valence-electron chi connectivity index (χ3n) is 2.78. The van der Waals surface area contributed by atoms with Crippen LogP contribution in [-0.4, -0.2) is 24.2 Å². The van der Waals surface area contributed by atoms with Crippen molar-refractivity contribution in [3.8, 4) is 11.5 Å². The molecule has 0 unspecified atom stereocenters. The average molecular weight is 238 g/mol. The van der Waals surface area contributed by atoms with Gasteiger partial charge < -0.3 is 15.2 Å². The van der Waals surface area contributed by atoms with Crippen molar-refractivity contribution in [2.24, 2.45) is 5.73 Å². The van der Waals surface area contributed by atoms with E-state index in [1.54, 1.807) is 6.07 Å². The van der Waals surface area contributed by atoms with Gasteiger partial charge in [-0.05, 0) is 18.9 Å². The molecule has 92 valence electrons. The van der Waals surface area contributed by atoms with E-state index in [1.165, 1.54) is 19.2 Å². The summed E-state index contributed by atoms with van der Waals surface area (Å²) in [7, 11) is 1.39. The number of hydrogen-bond donors (Lipinski definition) is 1. The Morgan fingerprint density at radius 2 is 2.18 bits per heavy atom. The monoisotopic (exact) mass is 238 g/mol. The summed E-state index contributed by atoms with van der Waals surface area (Å²) in [5.74, 6) is 0.778. The van der Waals surface area contributed by atoms with Crippen molar-refractivity contribution < 1.29 is 14.4 Å². The maximum absolute atomic E-state index is 10.7. The van der Waals surface area contributed by atoms with Gasteiger partial charge in [0.1, 0.15) is 11.9 Å². The van der Waals surface area contributed by atoms with E-state index < -0.39 is 4.92 Å². The van der Waals surface area contributed by atoms with Crippen LogP contribution in [0.15, 0.2) is 18.2 Å². The van der Waals surface area contributed by atoms with E-state index in [4.69, 9.17) is 15.2 Å². The van der Waals surface area contributed by atoms with Crippen LogP contribution in [0.2, 0.25) is 0 Å². The topological polar surface area (TPSA) is 87.6 Å². The molecule has 0 atom stereocenters. The van der Waals surface area contributed by atoms with Crippen LogP contribution in [0.3, 0.4) is 0 Å². The summed E-state index contributed by atoms with van der Waals surface area (Å²) in [5.41, 5.74) is 5.58. The molecular weight excluding hydrogens is 224 g/mol. The van der Waals surface area contributed by atoms with Gasteiger partial charge in [-0.2, -0.15) is 0 Å². The third-order valence-corrected chi connectivity index (χ3v) is 2.78. The summed E-state index contributed by atoms with van der Waals surface area (Å²) in [6.45, 7) is 0. The van der Waals surface area contributed by atoms with Crippen LogP contribution < -0.4 is 15.2 Å². The molecule has 1 fully saturated rings. The van der Waals surface area contributed by atoms with E-state index in [0.29, 0.717) is 5.75 Å². The van der Waals surface area contributed by atoms with Crippen molar-refractivity contribution in [1.29, 1.82) is 0 Å². The molecule has 1 aromatic rings. The molecule has 0 saturated heterocycles. The van der Waals surface area contributed by atoms with E-state index in [1.807, 2.05) is 0 Å². The lowest BCUT2D eigenvalue weighted by molar-refractivity contribution is -0.385. The fourth-order valence-electron chi connectivity index (χ4n) is 1.78. The van der Waals surface area contributed by atoms with Crippen LogP contribution >= 0.6 is 0 Å². The Labute approximate surface area is 98.5 Å². The molecule has 0 spiro atoms. The van der Waals surface area contributed by atoms with E-state index >= 15 is 0 Å². The molecular formula is C11H14N2O4. The number of rotatable bonds is 4. The minimum Gasteiger partial charge on any atom is -0.490 e. The van der Waals surface area contributed by atoms with Crippen molar-refractivity contribution in [2.75, 3.05) is 7.11 Å². The van der Waals surface area contributed by atoms with Crippen LogP contribution in [0.4, 0.5) is 5.69 Å². The number of nitro groups is 1. The summed E-state index contributed by atoms with van der Waals surface area (Å²) in [6, 6.07) is 4.69. The zero-order valence-corrected chi connectivity index (χ0v) is 9.46. The molecule has 1 aliphatic rings. The minimum atomic E-state index is -0.484. The zero-order valence-electron chi connectivity index (χ0n) is 9.46. The first-order valence-electron chi connectivity index (χ1n) is 5.35. The highest BCUT2D eigenvalue weighted by molar-refractivity contribution is 5.50. The van der Waals surface area contributed by atoms with Gasteiger partial charge in [-0.3, -0.25) is 10.1 Å². The highest BCUT2D eigenvalue weighted by atomic mass is 16.6. The van der Waals surface area contributed by atoms with Crippen LogP contribution in [-0.2, 0) is 0 Å². The number of hydrogen-bond acceptors (Lipinski definition) is 5. The highest BCUT2D eigenvalue weighted by Gasteiger charge is 2.28. The Kier molecular flexibility index (Phi) is 3.14. The van der Waals surface area contributed by atoms with Gasteiger partial charge in [0, 0.05) is 18.2 Å². The Hall–Kier alpha value is -1.82. The quantitative estimate of drug-likeness (QED) is 0.634. The van der Waals surface area contributed by atoms with Gasteiger partial charge in [0.05, 0.1) is 12.0 Å². The number of nitro benzene ring substituents is 1. The van der Waals surface area contributed by atoms with Crippen LogP contribution in [0.1, 0.15) is 12.8 Å². The number of benzene rings is 1. The lowest BCUT2D eigenvalue weighted by Crippen LogP contribution is -2.43. The van der Waals surface area contributed by atoms with E-state index in [2.05, 4.69) is 0 Å². The molecule has 0 aliphatic heterocycles. The largest absolute Gasteiger partial charge is 0.490 e. The third kappa shape index (κ3) is 2.47. The Morgan fingerprint density at radius 3 is 2.71 bits per heavy atom. The molecule has 2 N–H and O–H groups in total. The van der Waals surface area contributed by atoms with Crippen molar-refractivity contribution in [2.45, 2.75) is 25.0 Å². The molecule has 0 bridgehead atoms. The second-order valence-electron chi connectivity index (χ2n) is 4.06. The standard InChI is InChI=1S/C11H14N2O4/c1-16-11-6-8(2-3-10(11)13(14)15)17-9-4-7(12)5-9/h2-3,6-7,9H,4-5,12H2,1H3. The fourth-order valence-corrected chi connectivity index (χ4v) is 1.78. The number of ether oxygens (including phenoxy) is 2. The summed E-state index contributed by atoms with van der Waals surface area (Å²) in [4.78, 5) is 10.2. The van der Waals surface area contributed by atoms with Gasteiger partial charge in [-0.1, -0.05) is 0 Å². The van der Waals surface area contributed by atoms with E-state index in [9.17, 15) is 10.1 Å². The molecule has 2 rings (SSSR count).